The van der Waals surface area contributed by atoms with Gasteiger partial charge in [-0.1, -0.05) is 38.3 Å². The highest BCUT2D eigenvalue weighted by Gasteiger charge is 2.28. The molecule has 3 nitrogen and oxygen atoms in total. The van der Waals surface area contributed by atoms with Crippen LogP contribution in [-0.2, 0) is 11.3 Å². The summed E-state index contributed by atoms with van der Waals surface area (Å²) in [5, 5.41) is 3.24. The minimum Gasteiger partial charge on any atom is -0.380 e. The van der Waals surface area contributed by atoms with E-state index in [1.54, 1.807) is 7.11 Å². The van der Waals surface area contributed by atoms with Gasteiger partial charge >= 0.3 is 0 Å². The summed E-state index contributed by atoms with van der Waals surface area (Å²) in [6.07, 6.45) is 7.36. The highest BCUT2D eigenvalue weighted by Crippen LogP contribution is 2.30. The molecule has 116 valence electrons. The topological polar surface area (TPSA) is 38.3 Å². The highest BCUT2D eigenvalue weighted by atomic mass is 16.5. The van der Waals surface area contributed by atoms with Crippen molar-refractivity contribution >= 4 is 5.91 Å². The Labute approximate surface area is 128 Å². The first-order valence-corrected chi connectivity index (χ1v) is 8.13. The monoisotopic (exact) mass is 289 g/mol. The molecular weight excluding hydrogens is 262 g/mol. The molecule has 1 N–H and O–H groups in total. The van der Waals surface area contributed by atoms with Gasteiger partial charge in [0.05, 0.1) is 6.61 Å². The molecule has 1 aliphatic carbocycles. The van der Waals surface area contributed by atoms with Gasteiger partial charge in [-0.15, -0.1) is 0 Å². The van der Waals surface area contributed by atoms with E-state index in [2.05, 4.69) is 12.2 Å². The molecule has 0 spiro atoms. The Bertz CT molecular complexity index is 458. The fourth-order valence-electron chi connectivity index (χ4n) is 3.26. The molecule has 0 heterocycles. The smallest absolute Gasteiger partial charge is 0.251 e. The fraction of sp³-hybridized carbons (Fsp3) is 0.611. The number of hydrogen-bond donors (Lipinski definition) is 1. The van der Waals surface area contributed by atoms with E-state index >= 15 is 0 Å². The Morgan fingerprint density at radius 3 is 3.00 bits per heavy atom. The Kier molecular flexibility index (Phi) is 6.24. The van der Waals surface area contributed by atoms with Gasteiger partial charge in [-0.3, -0.25) is 4.79 Å². The Morgan fingerprint density at radius 2 is 2.24 bits per heavy atom. The maximum Gasteiger partial charge on any atom is 0.251 e. The van der Waals surface area contributed by atoms with E-state index in [9.17, 15) is 4.79 Å². The second-order valence-electron chi connectivity index (χ2n) is 6.05. The maximum absolute atomic E-state index is 12.4. The molecule has 0 aromatic heterocycles. The summed E-state index contributed by atoms with van der Waals surface area (Å²) in [6, 6.07) is 8.07. The van der Waals surface area contributed by atoms with Crippen LogP contribution < -0.4 is 5.32 Å². The van der Waals surface area contributed by atoms with Crippen molar-refractivity contribution in [1.82, 2.24) is 5.32 Å². The zero-order valence-electron chi connectivity index (χ0n) is 13.2. The Balaban J connectivity index is 1.95. The molecule has 2 rings (SSSR count). The minimum atomic E-state index is 0.0568. The van der Waals surface area contributed by atoms with Crippen LogP contribution >= 0.6 is 0 Å². The molecule has 0 aliphatic heterocycles. The quantitative estimate of drug-likeness (QED) is 0.826. The van der Waals surface area contributed by atoms with E-state index < -0.39 is 0 Å². The number of benzene rings is 1. The molecule has 2 atom stereocenters. The number of unbranched alkanes of at least 4 members (excludes halogenated alkanes) is 1. The molecule has 1 aliphatic rings. The van der Waals surface area contributed by atoms with Gasteiger partial charge in [0.2, 0.25) is 0 Å². The van der Waals surface area contributed by atoms with Gasteiger partial charge in [-0.25, -0.2) is 0 Å². The minimum absolute atomic E-state index is 0.0568. The van der Waals surface area contributed by atoms with Crippen LogP contribution in [0.2, 0.25) is 0 Å². The summed E-state index contributed by atoms with van der Waals surface area (Å²) in [4.78, 5) is 12.4. The third-order valence-corrected chi connectivity index (χ3v) is 4.40. The fourth-order valence-corrected chi connectivity index (χ4v) is 3.26. The molecule has 1 aromatic carbocycles. The number of carbonyl (C=O) groups excluding carboxylic acids is 1. The first-order valence-electron chi connectivity index (χ1n) is 8.13. The number of nitrogens with one attached hydrogen (secondary N) is 1. The SMILES string of the molecule is CCCCC1CCCC1NC(=O)c1cccc(COC)c1. The lowest BCUT2D eigenvalue weighted by molar-refractivity contribution is 0.0926. The first kappa shape index (κ1) is 16.0. The largest absolute Gasteiger partial charge is 0.380 e. The van der Waals surface area contributed by atoms with E-state index in [0.717, 1.165) is 17.5 Å². The standard InChI is InChI=1S/C18H27NO2/c1-3-4-8-15-9-6-11-17(15)19-18(20)16-10-5-7-14(12-16)13-21-2/h5,7,10,12,15,17H,3-4,6,8-9,11,13H2,1-2H3,(H,19,20). The summed E-state index contributed by atoms with van der Waals surface area (Å²) < 4.78 is 5.13. The highest BCUT2D eigenvalue weighted by molar-refractivity contribution is 5.94. The molecule has 1 aromatic rings. The lowest BCUT2D eigenvalue weighted by atomic mass is 9.96. The summed E-state index contributed by atoms with van der Waals surface area (Å²) in [5.74, 6) is 0.720. The average Bonchev–Trinajstić information content (AvgIpc) is 2.93. The van der Waals surface area contributed by atoms with Crippen molar-refractivity contribution in [3.63, 3.8) is 0 Å². The summed E-state index contributed by atoms with van der Waals surface area (Å²) in [6.45, 7) is 2.77. The van der Waals surface area contributed by atoms with Crippen LogP contribution in [0.1, 0.15) is 61.4 Å². The molecule has 3 heteroatoms. The summed E-state index contributed by atoms with van der Waals surface area (Å²) >= 11 is 0. The number of amides is 1. The van der Waals surface area contributed by atoms with Crippen molar-refractivity contribution < 1.29 is 9.53 Å². The van der Waals surface area contributed by atoms with Gasteiger partial charge in [-0.05, 0) is 42.9 Å². The lowest BCUT2D eigenvalue weighted by Gasteiger charge is -2.21. The van der Waals surface area contributed by atoms with Gasteiger partial charge in [0.15, 0.2) is 0 Å². The summed E-state index contributed by atoms with van der Waals surface area (Å²) in [7, 11) is 1.67. The van der Waals surface area contributed by atoms with Gasteiger partial charge in [0.1, 0.15) is 0 Å². The molecule has 21 heavy (non-hydrogen) atoms. The maximum atomic E-state index is 12.4. The molecule has 1 amide bonds. The molecule has 0 bridgehead atoms. The van der Waals surface area contributed by atoms with Crippen molar-refractivity contribution in [2.75, 3.05) is 7.11 Å². The van der Waals surface area contributed by atoms with Gasteiger partial charge in [0, 0.05) is 18.7 Å². The normalized spacial score (nSPS) is 21.4. The second-order valence-corrected chi connectivity index (χ2v) is 6.05. The number of carbonyl (C=O) groups is 1. The molecule has 0 radical (unpaired) electrons. The van der Waals surface area contributed by atoms with Crippen LogP contribution in [0.15, 0.2) is 24.3 Å². The van der Waals surface area contributed by atoms with E-state index in [1.807, 2.05) is 24.3 Å². The molecule has 1 saturated carbocycles. The number of hydrogen-bond acceptors (Lipinski definition) is 2. The van der Waals surface area contributed by atoms with Crippen molar-refractivity contribution in [1.29, 1.82) is 0 Å². The van der Waals surface area contributed by atoms with Crippen LogP contribution in [0.4, 0.5) is 0 Å². The predicted molar refractivity (Wildman–Crippen MR) is 85.3 cm³/mol. The van der Waals surface area contributed by atoms with Crippen molar-refractivity contribution in [3.05, 3.63) is 35.4 Å². The molecular formula is C18H27NO2. The third-order valence-electron chi connectivity index (χ3n) is 4.40. The van der Waals surface area contributed by atoms with Crippen LogP contribution in [0, 0.1) is 5.92 Å². The van der Waals surface area contributed by atoms with E-state index in [4.69, 9.17) is 4.74 Å². The zero-order valence-corrected chi connectivity index (χ0v) is 13.2. The van der Waals surface area contributed by atoms with Crippen LogP contribution in [0.3, 0.4) is 0 Å². The second kappa shape index (κ2) is 8.18. The third kappa shape index (κ3) is 4.57. The first-order chi connectivity index (χ1) is 10.2. The van der Waals surface area contributed by atoms with E-state index in [1.165, 1.54) is 32.1 Å². The average molecular weight is 289 g/mol. The molecule has 2 unspecified atom stereocenters. The van der Waals surface area contributed by atoms with Crippen molar-refractivity contribution in [2.45, 2.75) is 58.1 Å². The van der Waals surface area contributed by atoms with Gasteiger partial charge in [-0.2, -0.15) is 0 Å². The van der Waals surface area contributed by atoms with Crippen molar-refractivity contribution in [3.8, 4) is 0 Å². The molecule has 0 saturated heterocycles. The van der Waals surface area contributed by atoms with Crippen LogP contribution in [0.25, 0.3) is 0 Å². The van der Waals surface area contributed by atoms with Gasteiger partial charge in [0.25, 0.3) is 5.91 Å². The number of methoxy groups -OCH3 is 1. The van der Waals surface area contributed by atoms with E-state index in [0.29, 0.717) is 18.6 Å². The Morgan fingerprint density at radius 1 is 1.38 bits per heavy atom. The van der Waals surface area contributed by atoms with Crippen LogP contribution in [-0.4, -0.2) is 19.1 Å². The van der Waals surface area contributed by atoms with Crippen LogP contribution in [0.5, 0.6) is 0 Å². The number of rotatable bonds is 7. The van der Waals surface area contributed by atoms with Gasteiger partial charge < -0.3 is 10.1 Å². The lowest BCUT2D eigenvalue weighted by Crippen LogP contribution is -2.37. The van der Waals surface area contributed by atoms with E-state index in [-0.39, 0.29) is 5.91 Å². The Hall–Kier alpha value is -1.35. The summed E-state index contributed by atoms with van der Waals surface area (Å²) in [5.41, 5.74) is 1.78. The number of ether oxygens (including phenoxy) is 1. The van der Waals surface area contributed by atoms with Crippen molar-refractivity contribution in [2.24, 2.45) is 5.92 Å². The zero-order chi connectivity index (χ0) is 15.1. The molecule has 1 fully saturated rings. The predicted octanol–water partition coefficient (Wildman–Crippen LogP) is 3.92.